The summed E-state index contributed by atoms with van der Waals surface area (Å²) < 4.78 is 0. The van der Waals surface area contributed by atoms with E-state index < -0.39 is 6.04 Å². The van der Waals surface area contributed by atoms with E-state index in [0.29, 0.717) is 6.42 Å². The molecule has 2 amide bonds. The van der Waals surface area contributed by atoms with Crippen molar-refractivity contribution in [2.24, 2.45) is 11.7 Å². The van der Waals surface area contributed by atoms with Gasteiger partial charge in [0.15, 0.2) is 0 Å². The molecule has 4 heteroatoms. The van der Waals surface area contributed by atoms with Crippen molar-refractivity contribution in [2.75, 3.05) is 0 Å². The highest BCUT2D eigenvalue weighted by Gasteiger charge is 2.31. The van der Waals surface area contributed by atoms with E-state index in [2.05, 4.69) is 5.32 Å². The number of amides is 2. The molecular weight excluding hydrogens is 156 g/mol. The molecule has 2 unspecified atom stereocenters. The van der Waals surface area contributed by atoms with Crippen molar-refractivity contribution in [1.29, 1.82) is 0 Å². The van der Waals surface area contributed by atoms with Crippen LogP contribution in [0, 0.1) is 5.92 Å². The number of hydrogen-bond acceptors (Lipinski definition) is 3. The number of nitrogens with two attached hydrogens (primary N) is 1. The Morgan fingerprint density at radius 2 is 2.17 bits per heavy atom. The van der Waals surface area contributed by atoms with E-state index >= 15 is 0 Å². The summed E-state index contributed by atoms with van der Waals surface area (Å²) in [7, 11) is 0. The molecule has 0 spiro atoms. The van der Waals surface area contributed by atoms with Crippen LogP contribution in [0.1, 0.15) is 26.2 Å². The van der Waals surface area contributed by atoms with E-state index in [0.717, 1.165) is 12.8 Å². The molecule has 0 bridgehead atoms. The van der Waals surface area contributed by atoms with Crippen LogP contribution in [-0.4, -0.2) is 17.9 Å². The molecule has 0 aromatic heterocycles. The molecule has 3 N–H and O–H groups in total. The Hall–Kier alpha value is -0.900. The molecular formula is C8H14N2O2. The minimum atomic E-state index is -0.501. The summed E-state index contributed by atoms with van der Waals surface area (Å²) in [5, 5.41) is 2.26. The Labute approximate surface area is 71.5 Å². The summed E-state index contributed by atoms with van der Waals surface area (Å²) in [6.07, 6.45) is 2.25. The molecule has 1 aliphatic heterocycles. The maximum absolute atomic E-state index is 11.2. The molecule has 0 aromatic carbocycles. The standard InChI is InChI=1S/C8H14N2O2/c1-2-3-5-4-6(9)8(12)10-7(5)11/h5-6H,2-4,9H2,1H3,(H,10,11,12). The maximum atomic E-state index is 11.2. The molecule has 12 heavy (non-hydrogen) atoms. The van der Waals surface area contributed by atoms with Crippen molar-refractivity contribution in [3.8, 4) is 0 Å². The van der Waals surface area contributed by atoms with Crippen molar-refractivity contribution in [2.45, 2.75) is 32.2 Å². The number of carbonyl (C=O) groups excluding carboxylic acids is 2. The van der Waals surface area contributed by atoms with E-state index in [1.165, 1.54) is 0 Å². The van der Waals surface area contributed by atoms with E-state index in [4.69, 9.17) is 5.73 Å². The van der Waals surface area contributed by atoms with Gasteiger partial charge in [-0.3, -0.25) is 14.9 Å². The summed E-state index contributed by atoms with van der Waals surface area (Å²) in [6.45, 7) is 2.01. The van der Waals surface area contributed by atoms with Crippen LogP contribution in [-0.2, 0) is 9.59 Å². The number of nitrogens with one attached hydrogen (secondary N) is 1. The quantitative estimate of drug-likeness (QED) is 0.562. The summed E-state index contributed by atoms with van der Waals surface area (Å²) in [5.74, 6) is -0.571. The Morgan fingerprint density at radius 1 is 1.50 bits per heavy atom. The van der Waals surface area contributed by atoms with Crippen molar-refractivity contribution in [3.63, 3.8) is 0 Å². The van der Waals surface area contributed by atoms with Crippen molar-refractivity contribution >= 4 is 11.8 Å². The normalized spacial score (nSPS) is 30.2. The summed E-state index contributed by atoms with van der Waals surface area (Å²) in [5.41, 5.74) is 5.50. The fraction of sp³-hybridized carbons (Fsp3) is 0.750. The largest absolute Gasteiger partial charge is 0.320 e. The maximum Gasteiger partial charge on any atom is 0.243 e. The van der Waals surface area contributed by atoms with Crippen LogP contribution in [0.2, 0.25) is 0 Å². The Kier molecular flexibility index (Phi) is 2.81. The van der Waals surface area contributed by atoms with Gasteiger partial charge in [-0.25, -0.2) is 0 Å². The van der Waals surface area contributed by atoms with Crippen LogP contribution in [0.3, 0.4) is 0 Å². The number of piperidine rings is 1. The van der Waals surface area contributed by atoms with E-state index in [1.54, 1.807) is 0 Å². The fourth-order valence-electron chi connectivity index (χ4n) is 1.43. The van der Waals surface area contributed by atoms with Gasteiger partial charge in [-0.15, -0.1) is 0 Å². The fourth-order valence-corrected chi connectivity index (χ4v) is 1.43. The smallest absolute Gasteiger partial charge is 0.243 e. The zero-order valence-electron chi connectivity index (χ0n) is 7.17. The zero-order valence-corrected chi connectivity index (χ0v) is 7.17. The first-order chi connectivity index (χ1) is 5.65. The van der Waals surface area contributed by atoms with Gasteiger partial charge in [0.1, 0.15) is 0 Å². The van der Waals surface area contributed by atoms with Crippen LogP contribution in [0.25, 0.3) is 0 Å². The lowest BCUT2D eigenvalue weighted by Crippen LogP contribution is -2.52. The average Bonchev–Trinajstić information content (AvgIpc) is 2.01. The van der Waals surface area contributed by atoms with Gasteiger partial charge < -0.3 is 5.73 Å². The first kappa shape index (κ1) is 9.19. The minimum absolute atomic E-state index is 0.0669. The van der Waals surface area contributed by atoms with Gasteiger partial charge in [-0.2, -0.15) is 0 Å². The average molecular weight is 170 g/mol. The molecule has 0 radical (unpaired) electrons. The lowest BCUT2D eigenvalue weighted by atomic mass is 9.91. The summed E-state index contributed by atoms with van der Waals surface area (Å²) in [6, 6.07) is -0.501. The number of rotatable bonds is 2. The SMILES string of the molecule is CCCC1CC(N)C(=O)NC1=O. The topological polar surface area (TPSA) is 72.2 Å². The predicted octanol–water partition coefficient (Wildman–Crippen LogP) is -0.223. The van der Waals surface area contributed by atoms with E-state index in [9.17, 15) is 9.59 Å². The predicted molar refractivity (Wildman–Crippen MR) is 44.1 cm³/mol. The Morgan fingerprint density at radius 3 is 2.75 bits per heavy atom. The van der Waals surface area contributed by atoms with Crippen LogP contribution < -0.4 is 11.1 Å². The van der Waals surface area contributed by atoms with Gasteiger partial charge in [0.25, 0.3) is 0 Å². The van der Waals surface area contributed by atoms with Gasteiger partial charge in [0.2, 0.25) is 11.8 Å². The van der Waals surface area contributed by atoms with Crippen LogP contribution in [0.5, 0.6) is 0 Å². The first-order valence-electron chi connectivity index (χ1n) is 4.25. The van der Waals surface area contributed by atoms with Gasteiger partial charge in [-0.05, 0) is 12.8 Å². The second kappa shape index (κ2) is 3.67. The van der Waals surface area contributed by atoms with E-state index in [1.807, 2.05) is 6.92 Å². The molecule has 0 saturated carbocycles. The highest BCUT2D eigenvalue weighted by atomic mass is 16.2. The molecule has 1 fully saturated rings. The third kappa shape index (κ3) is 1.82. The van der Waals surface area contributed by atoms with E-state index in [-0.39, 0.29) is 17.7 Å². The number of carbonyl (C=O) groups is 2. The summed E-state index contributed by atoms with van der Waals surface area (Å²) >= 11 is 0. The molecule has 1 rings (SSSR count). The van der Waals surface area contributed by atoms with Crippen LogP contribution in [0.15, 0.2) is 0 Å². The lowest BCUT2D eigenvalue weighted by molar-refractivity contribution is -0.137. The lowest BCUT2D eigenvalue weighted by Gasteiger charge is -2.24. The molecule has 4 nitrogen and oxygen atoms in total. The van der Waals surface area contributed by atoms with Crippen molar-refractivity contribution in [1.82, 2.24) is 5.32 Å². The Balaban J connectivity index is 2.55. The second-order valence-corrected chi connectivity index (χ2v) is 3.18. The molecule has 1 saturated heterocycles. The highest BCUT2D eigenvalue weighted by Crippen LogP contribution is 2.16. The van der Waals surface area contributed by atoms with Crippen molar-refractivity contribution < 1.29 is 9.59 Å². The third-order valence-corrected chi connectivity index (χ3v) is 2.13. The minimum Gasteiger partial charge on any atom is -0.320 e. The Bertz CT molecular complexity index is 203. The van der Waals surface area contributed by atoms with Gasteiger partial charge in [0, 0.05) is 5.92 Å². The first-order valence-corrected chi connectivity index (χ1v) is 4.25. The monoisotopic (exact) mass is 170 g/mol. The van der Waals surface area contributed by atoms with Crippen LogP contribution >= 0.6 is 0 Å². The molecule has 1 heterocycles. The van der Waals surface area contributed by atoms with Gasteiger partial charge in [-0.1, -0.05) is 13.3 Å². The second-order valence-electron chi connectivity index (χ2n) is 3.18. The van der Waals surface area contributed by atoms with Gasteiger partial charge >= 0.3 is 0 Å². The molecule has 0 aromatic rings. The zero-order chi connectivity index (χ0) is 9.14. The molecule has 68 valence electrons. The molecule has 0 aliphatic carbocycles. The number of hydrogen-bond donors (Lipinski definition) is 2. The van der Waals surface area contributed by atoms with Gasteiger partial charge in [0.05, 0.1) is 6.04 Å². The highest BCUT2D eigenvalue weighted by molar-refractivity contribution is 6.01. The molecule has 2 atom stereocenters. The number of imide groups is 1. The van der Waals surface area contributed by atoms with Crippen molar-refractivity contribution in [3.05, 3.63) is 0 Å². The summed E-state index contributed by atoms with van der Waals surface area (Å²) in [4.78, 5) is 22.1. The van der Waals surface area contributed by atoms with Crippen LogP contribution in [0.4, 0.5) is 0 Å². The third-order valence-electron chi connectivity index (χ3n) is 2.13. The molecule has 1 aliphatic rings.